The summed E-state index contributed by atoms with van der Waals surface area (Å²) in [5.41, 5.74) is 1.49. The third-order valence-electron chi connectivity index (χ3n) is 2.82. The maximum atomic E-state index is 12.3. The lowest BCUT2D eigenvalue weighted by atomic mass is 10.2. The van der Waals surface area contributed by atoms with Crippen LogP contribution in [0.25, 0.3) is 10.9 Å². The number of sulfonamides is 1. The van der Waals surface area contributed by atoms with Crippen molar-refractivity contribution in [2.75, 3.05) is 4.72 Å². The third kappa shape index (κ3) is 2.24. The van der Waals surface area contributed by atoms with E-state index in [4.69, 9.17) is 0 Å². The van der Waals surface area contributed by atoms with Gasteiger partial charge in [-0.2, -0.15) is 0 Å². The molecule has 2 aromatic heterocycles. The summed E-state index contributed by atoms with van der Waals surface area (Å²) in [7, 11) is -3.51. The average molecular weight is 292 g/mol. The summed E-state index contributed by atoms with van der Waals surface area (Å²) in [6, 6.07) is 10.8. The molecule has 3 aromatic rings. The van der Waals surface area contributed by atoms with Crippen molar-refractivity contribution in [1.82, 2.24) is 4.98 Å². The maximum absolute atomic E-state index is 12.3. The van der Waals surface area contributed by atoms with E-state index in [9.17, 15) is 8.42 Å². The third-order valence-corrected chi connectivity index (χ3v) is 5.68. The smallest absolute Gasteiger partial charge is 0.271 e. The van der Waals surface area contributed by atoms with Crippen molar-refractivity contribution < 1.29 is 8.42 Å². The predicted molar refractivity (Wildman–Crippen MR) is 78.2 cm³/mol. The van der Waals surface area contributed by atoms with Crippen molar-refractivity contribution >= 4 is 38.0 Å². The van der Waals surface area contributed by atoms with Crippen LogP contribution in [0.1, 0.15) is 4.88 Å². The molecule has 0 spiro atoms. The fraction of sp³-hybridized carbons (Fsp3) is 0.0769. The van der Waals surface area contributed by atoms with Gasteiger partial charge in [0.05, 0.1) is 5.69 Å². The Bertz CT molecular complexity index is 831. The first kappa shape index (κ1) is 12.3. The Hall–Kier alpha value is -1.79. The van der Waals surface area contributed by atoms with Crippen LogP contribution in [0.5, 0.6) is 0 Å². The summed E-state index contributed by atoms with van der Waals surface area (Å²) >= 11 is 1.26. The van der Waals surface area contributed by atoms with E-state index in [1.54, 1.807) is 24.4 Å². The quantitative estimate of drug-likeness (QED) is 0.777. The second kappa shape index (κ2) is 4.40. The van der Waals surface area contributed by atoms with Crippen molar-refractivity contribution in [1.29, 1.82) is 0 Å². The molecule has 3 rings (SSSR count). The molecule has 0 aliphatic rings. The number of aryl methyl sites for hydroxylation is 1. The Balaban J connectivity index is 2.03. The SMILES string of the molecule is Cc1ccc(S(=O)(=O)Nc2cccc3[nH]ccc23)s1. The number of aromatic amines is 1. The number of hydrogen-bond donors (Lipinski definition) is 2. The minimum atomic E-state index is -3.51. The van der Waals surface area contributed by atoms with Gasteiger partial charge in [0.2, 0.25) is 0 Å². The molecule has 4 nitrogen and oxygen atoms in total. The Morgan fingerprint density at radius 3 is 2.74 bits per heavy atom. The zero-order valence-electron chi connectivity index (χ0n) is 10.2. The van der Waals surface area contributed by atoms with Crippen LogP contribution in [-0.4, -0.2) is 13.4 Å². The second-order valence-corrected chi connectivity index (χ2v) is 7.41. The van der Waals surface area contributed by atoms with Crippen LogP contribution in [0, 0.1) is 6.92 Å². The van der Waals surface area contributed by atoms with E-state index >= 15 is 0 Å². The number of anilines is 1. The summed E-state index contributed by atoms with van der Waals surface area (Å²) < 4.78 is 27.5. The van der Waals surface area contributed by atoms with E-state index < -0.39 is 10.0 Å². The minimum Gasteiger partial charge on any atom is -0.361 e. The van der Waals surface area contributed by atoms with Gasteiger partial charge in [0.25, 0.3) is 10.0 Å². The Morgan fingerprint density at radius 1 is 1.16 bits per heavy atom. The lowest BCUT2D eigenvalue weighted by Gasteiger charge is -2.07. The average Bonchev–Trinajstić information content (AvgIpc) is 2.97. The first-order chi connectivity index (χ1) is 9.06. The van der Waals surface area contributed by atoms with E-state index in [1.807, 2.05) is 25.1 Å². The van der Waals surface area contributed by atoms with E-state index in [1.165, 1.54) is 11.3 Å². The maximum Gasteiger partial charge on any atom is 0.271 e. The zero-order valence-corrected chi connectivity index (χ0v) is 11.8. The molecule has 0 radical (unpaired) electrons. The molecule has 0 atom stereocenters. The molecule has 0 fully saturated rings. The molecular weight excluding hydrogens is 280 g/mol. The number of aromatic nitrogens is 1. The van der Waals surface area contributed by atoms with E-state index in [0.717, 1.165) is 15.8 Å². The lowest BCUT2D eigenvalue weighted by Crippen LogP contribution is -2.11. The molecule has 98 valence electrons. The summed E-state index contributed by atoms with van der Waals surface area (Å²) in [6.45, 7) is 1.89. The van der Waals surface area contributed by atoms with Crippen LogP contribution in [0.15, 0.2) is 46.8 Å². The Kier molecular flexibility index (Phi) is 2.83. The van der Waals surface area contributed by atoms with Crippen molar-refractivity contribution in [3.8, 4) is 0 Å². The van der Waals surface area contributed by atoms with Crippen molar-refractivity contribution in [3.63, 3.8) is 0 Å². The molecule has 0 bridgehead atoms. The first-order valence-electron chi connectivity index (χ1n) is 5.72. The molecule has 2 N–H and O–H groups in total. The molecule has 2 heterocycles. The summed E-state index contributed by atoms with van der Waals surface area (Å²) in [5.74, 6) is 0. The summed E-state index contributed by atoms with van der Waals surface area (Å²) in [6.07, 6.45) is 1.79. The molecule has 0 unspecified atom stereocenters. The van der Waals surface area contributed by atoms with Crippen LogP contribution in [0.2, 0.25) is 0 Å². The number of benzene rings is 1. The number of nitrogens with one attached hydrogen (secondary N) is 2. The largest absolute Gasteiger partial charge is 0.361 e. The van der Waals surface area contributed by atoms with Crippen molar-refractivity contribution in [2.45, 2.75) is 11.1 Å². The zero-order chi connectivity index (χ0) is 13.5. The molecule has 19 heavy (non-hydrogen) atoms. The molecule has 0 aliphatic carbocycles. The summed E-state index contributed by atoms with van der Waals surface area (Å²) in [5, 5.41) is 0.861. The van der Waals surface area contributed by atoms with Gasteiger partial charge in [-0.05, 0) is 37.3 Å². The second-order valence-electron chi connectivity index (χ2n) is 4.22. The van der Waals surface area contributed by atoms with Gasteiger partial charge in [0.1, 0.15) is 4.21 Å². The van der Waals surface area contributed by atoms with Crippen molar-refractivity contribution in [2.24, 2.45) is 0 Å². The van der Waals surface area contributed by atoms with Gasteiger partial charge in [0.15, 0.2) is 0 Å². The normalized spacial score (nSPS) is 11.8. The molecule has 1 aromatic carbocycles. The Morgan fingerprint density at radius 2 is 2.00 bits per heavy atom. The molecule has 0 saturated heterocycles. The highest BCUT2D eigenvalue weighted by Crippen LogP contribution is 2.27. The van der Waals surface area contributed by atoms with Crippen molar-refractivity contribution in [3.05, 3.63) is 47.5 Å². The molecular formula is C13H12N2O2S2. The number of H-pyrrole nitrogens is 1. The number of hydrogen-bond acceptors (Lipinski definition) is 3. The van der Waals surface area contributed by atoms with Gasteiger partial charge in [-0.15, -0.1) is 11.3 Å². The van der Waals surface area contributed by atoms with Crippen LogP contribution >= 0.6 is 11.3 Å². The van der Waals surface area contributed by atoms with Gasteiger partial charge in [0, 0.05) is 22.0 Å². The van der Waals surface area contributed by atoms with Crippen LogP contribution in [0.3, 0.4) is 0 Å². The summed E-state index contributed by atoms with van der Waals surface area (Å²) in [4.78, 5) is 4.03. The van der Waals surface area contributed by atoms with Crippen LogP contribution in [0.4, 0.5) is 5.69 Å². The molecule has 0 saturated carbocycles. The Labute approximate surface area is 115 Å². The molecule has 6 heteroatoms. The van der Waals surface area contributed by atoms with Gasteiger partial charge in [-0.1, -0.05) is 6.07 Å². The van der Waals surface area contributed by atoms with Crippen LogP contribution in [-0.2, 0) is 10.0 Å². The fourth-order valence-corrected chi connectivity index (χ4v) is 4.29. The number of fused-ring (bicyclic) bond motifs is 1. The predicted octanol–water partition coefficient (Wildman–Crippen LogP) is 3.34. The van der Waals surface area contributed by atoms with Crippen LogP contribution < -0.4 is 4.72 Å². The number of thiophene rings is 1. The highest BCUT2D eigenvalue weighted by molar-refractivity contribution is 7.94. The highest BCUT2D eigenvalue weighted by Gasteiger charge is 2.17. The van der Waals surface area contributed by atoms with E-state index in [0.29, 0.717) is 9.90 Å². The molecule has 0 aliphatic heterocycles. The first-order valence-corrected chi connectivity index (χ1v) is 8.01. The van der Waals surface area contributed by atoms with E-state index in [-0.39, 0.29) is 0 Å². The standard InChI is InChI=1S/C13H12N2O2S2/c1-9-5-6-13(18-9)19(16,17)15-12-4-2-3-11-10(12)7-8-14-11/h2-8,14-15H,1H3. The minimum absolute atomic E-state index is 0.331. The van der Waals surface area contributed by atoms with Gasteiger partial charge >= 0.3 is 0 Å². The van der Waals surface area contributed by atoms with E-state index in [2.05, 4.69) is 9.71 Å². The van der Waals surface area contributed by atoms with Gasteiger partial charge in [-0.3, -0.25) is 4.72 Å². The van der Waals surface area contributed by atoms with Gasteiger partial charge in [-0.25, -0.2) is 8.42 Å². The van der Waals surface area contributed by atoms with Gasteiger partial charge < -0.3 is 4.98 Å². The highest BCUT2D eigenvalue weighted by atomic mass is 32.2. The monoisotopic (exact) mass is 292 g/mol. The molecule has 0 amide bonds. The topological polar surface area (TPSA) is 62.0 Å². The lowest BCUT2D eigenvalue weighted by molar-refractivity contribution is 0.603. The number of rotatable bonds is 3. The fourth-order valence-electron chi connectivity index (χ4n) is 1.93.